The van der Waals surface area contributed by atoms with Crippen LogP contribution in [-0.4, -0.2) is 18.4 Å². The molecular weight excluding hydrogens is 156 g/mol. The van der Waals surface area contributed by atoms with Gasteiger partial charge in [0.1, 0.15) is 5.92 Å². The molecule has 0 fully saturated rings. The van der Waals surface area contributed by atoms with Gasteiger partial charge in [0.2, 0.25) is 0 Å². The van der Waals surface area contributed by atoms with Gasteiger partial charge in [0, 0.05) is 0 Å². The van der Waals surface area contributed by atoms with Gasteiger partial charge in [-0.1, -0.05) is 6.08 Å². The van der Waals surface area contributed by atoms with Crippen molar-refractivity contribution in [2.45, 2.75) is 20.3 Å². The third-order valence-corrected chi connectivity index (χ3v) is 1.94. The highest BCUT2D eigenvalue weighted by Crippen LogP contribution is 2.21. The Labute approximate surface area is 71.4 Å². The Kier molecular flexibility index (Phi) is 2.63. The Morgan fingerprint density at radius 3 is 2.83 bits per heavy atom. The summed E-state index contributed by atoms with van der Waals surface area (Å²) in [5.74, 6) is -1.05. The predicted octanol–water partition coefficient (Wildman–Crippen LogP) is 1.08. The van der Waals surface area contributed by atoms with Crippen molar-refractivity contribution in [1.29, 1.82) is 0 Å². The minimum absolute atomic E-state index is 0.0894. The first-order valence-electron chi connectivity index (χ1n) is 4.04. The van der Waals surface area contributed by atoms with Crippen LogP contribution >= 0.6 is 0 Å². The minimum Gasteiger partial charge on any atom is -0.465 e. The van der Waals surface area contributed by atoms with E-state index in [1.807, 2.05) is 0 Å². The van der Waals surface area contributed by atoms with Gasteiger partial charge in [-0.3, -0.25) is 9.59 Å². The summed E-state index contributed by atoms with van der Waals surface area (Å²) in [7, 11) is 0. The van der Waals surface area contributed by atoms with Gasteiger partial charge in [0.15, 0.2) is 5.78 Å². The third-order valence-electron chi connectivity index (χ3n) is 1.94. The molecule has 0 aromatic carbocycles. The topological polar surface area (TPSA) is 43.4 Å². The van der Waals surface area contributed by atoms with E-state index in [4.69, 9.17) is 4.74 Å². The summed E-state index contributed by atoms with van der Waals surface area (Å²) in [6.07, 6.45) is 2.29. The lowest BCUT2D eigenvalue weighted by molar-refractivity contribution is -0.150. The Balaban J connectivity index is 2.58. The number of carbonyl (C=O) groups excluding carboxylic acids is 2. The average Bonchev–Trinajstić information content (AvgIpc) is 2.34. The van der Waals surface area contributed by atoms with Gasteiger partial charge in [0.25, 0.3) is 0 Å². The molecule has 1 rings (SSSR count). The zero-order valence-corrected chi connectivity index (χ0v) is 7.29. The van der Waals surface area contributed by atoms with Crippen molar-refractivity contribution in [2.24, 2.45) is 5.92 Å². The quantitative estimate of drug-likeness (QED) is 0.458. The molecule has 0 aromatic heterocycles. The molecule has 0 spiro atoms. The second kappa shape index (κ2) is 3.52. The van der Waals surface area contributed by atoms with Gasteiger partial charge in [-0.05, 0) is 25.8 Å². The van der Waals surface area contributed by atoms with E-state index < -0.39 is 11.9 Å². The number of rotatable bonds is 2. The molecule has 3 nitrogen and oxygen atoms in total. The summed E-state index contributed by atoms with van der Waals surface area (Å²) in [5, 5.41) is 0. The highest BCUT2D eigenvalue weighted by atomic mass is 16.5. The van der Waals surface area contributed by atoms with Crippen molar-refractivity contribution in [1.82, 2.24) is 0 Å². The lowest BCUT2D eigenvalue weighted by Crippen LogP contribution is -2.22. The normalized spacial score (nSPS) is 22.3. The van der Waals surface area contributed by atoms with Crippen LogP contribution in [0.1, 0.15) is 20.3 Å². The Morgan fingerprint density at radius 2 is 2.42 bits per heavy atom. The fraction of sp³-hybridized carbons (Fsp3) is 0.556. The van der Waals surface area contributed by atoms with Crippen molar-refractivity contribution in [3.8, 4) is 0 Å². The van der Waals surface area contributed by atoms with Crippen molar-refractivity contribution >= 4 is 11.8 Å². The molecule has 12 heavy (non-hydrogen) atoms. The molecule has 0 bridgehead atoms. The molecule has 66 valence electrons. The van der Waals surface area contributed by atoms with Gasteiger partial charge in [-0.2, -0.15) is 0 Å². The Hall–Kier alpha value is -1.12. The summed E-state index contributed by atoms with van der Waals surface area (Å²) in [6, 6.07) is 0. The Morgan fingerprint density at radius 1 is 1.75 bits per heavy atom. The molecule has 0 N–H and O–H groups in total. The highest BCUT2D eigenvalue weighted by Gasteiger charge is 2.31. The molecular formula is C9H12O3. The van der Waals surface area contributed by atoms with Crippen LogP contribution in [0.25, 0.3) is 0 Å². The van der Waals surface area contributed by atoms with E-state index in [1.165, 1.54) is 0 Å². The summed E-state index contributed by atoms with van der Waals surface area (Å²) in [5.41, 5.74) is 0.674. The van der Waals surface area contributed by atoms with Gasteiger partial charge in [0.05, 0.1) is 6.61 Å². The van der Waals surface area contributed by atoms with Gasteiger partial charge >= 0.3 is 5.97 Å². The minimum atomic E-state index is -0.565. The molecule has 0 aliphatic heterocycles. The number of ketones is 1. The number of allylic oxidation sites excluding steroid dienone is 2. The van der Waals surface area contributed by atoms with Gasteiger partial charge in [-0.15, -0.1) is 0 Å². The summed E-state index contributed by atoms with van der Waals surface area (Å²) in [4.78, 5) is 22.4. The van der Waals surface area contributed by atoms with Gasteiger partial charge in [-0.25, -0.2) is 0 Å². The molecule has 0 saturated carbocycles. The molecule has 1 aliphatic carbocycles. The third kappa shape index (κ3) is 1.55. The number of hydrogen-bond acceptors (Lipinski definition) is 3. The summed E-state index contributed by atoms with van der Waals surface area (Å²) >= 11 is 0. The monoisotopic (exact) mass is 168 g/mol. The smallest absolute Gasteiger partial charge is 0.317 e. The number of hydrogen-bond donors (Lipinski definition) is 0. The number of carbonyl (C=O) groups is 2. The van der Waals surface area contributed by atoms with Crippen molar-refractivity contribution in [3.05, 3.63) is 11.6 Å². The van der Waals surface area contributed by atoms with E-state index in [9.17, 15) is 9.59 Å². The van der Waals surface area contributed by atoms with Crippen molar-refractivity contribution < 1.29 is 14.3 Å². The van der Waals surface area contributed by atoms with E-state index in [1.54, 1.807) is 19.9 Å². The maximum Gasteiger partial charge on any atom is 0.317 e. The molecule has 0 aromatic rings. The lowest BCUT2D eigenvalue weighted by Gasteiger charge is -2.06. The number of Topliss-reactive ketones (excluding diaryl/α,β-unsaturated/α-hetero) is 1. The van der Waals surface area contributed by atoms with E-state index in [2.05, 4.69) is 0 Å². The molecule has 3 heteroatoms. The van der Waals surface area contributed by atoms with Crippen LogP contribution in [0.15, 0.2) is 11.6 Å². The van der Waals surface area contributed by atoms with Crippen LogP contribution in [0.5, 0.6) is 0 Å². The lowest BCUT2D eigenvalue weighted by atomic mass is 10.1. The summed E-state index contributed by atoms with van der Waals surface area (Å²) in [6.45, 7) is 3.79. The van der Waals surface area contributed by atoms with Gasteiger partial charge < -0.3 is 4.74 Å². The highest BCUT2D eigenvalue weighted by molar-refractivity contribution is 6.10. The fourth-order valence-electron chi connectivity index (χ4n) is 1.22. The van der Waals surface area contributed by atoms with Crippen LogP contribution < -0.4 is 0 Å². The maximum absolute atomic E-state index is 11.3. The van der Waals surface area contributed by atoms with E-state index >= 15 is 0 Å². The molecule has 0 heterocycles. The molecule has 0 amide bonds. The Bertz CT molecular complexity index is 240. The average molecular weight is 168 g/mol. The predicted molar refractivity (Wildman–Crippen MR) is 43.5 cm³/mol. The first-order chi connectivity index (χ1) is 5.66. The van der Waals surface area contributed by atoms with Crippen LogP contribution in [0.2, 0.25) is 0 Å². The molecule has 0 radical (unpaired) electrons. The molecule has 1 unspecified atom stereocenters. The van der Waals surface area contributed by atoms with Crippen LogP contribution in [0.4, 0.5) is 0 Å². The molecule has 1 aliphatic rings. The number of esters is 1. The van der Waals surface area contributed by atoms with E-state index in [0.29, 0.717) is 18.6 Å². The maximum atomic E-state index is 11.3. The fourth-order valence-corrected chi connectivity index (χ4v) is 1.22. The first-order valence-corrected chi connectivity index (χ1v) is 4.04. The van der Waals surface area contributed by atoms with Crippen molar-refractivity contribution in [3.63, 3.8) is 0 Å². The van der Waals surface area contributed by atoms with Crippen LogP contribution in [0, 0.1) is 5.92 Å². The SMILES string of the molecule is CCOC(=O)C1CC=C(C)C1=O. The first kappa shape index (κ1) is 8.97. The largest absolute Gasteiger partial charge is 0.465 e. The zero-order chi connectivity index (χ0) is 9.14. The number of ether oxygens (including phenoxy) is 1. The molecule has 0 saturated heterocycles. The zero-order valence-electron chi connectivity index (χ0n) is 7.29. The molecule has 1 atom stereocenters. The second-order valence-corrected chi connectivity index (χ2v) is 2.79. The van der Waals surface area contributed by atoms with E-state index in [-0.39, 0.29) is 5.78 Å². The second-order valence-electron chi connectivity index (χ2n) is 2.79. The standard InChI is InChI=1S/C9H12O3/c1-3-12-9(11)7-5-4-6(2)8(7)10/h4,7H,3,5H2,1-2H3. The summed E-state index contributed by atoms with van der Waals surface area (Å²) < 4.78 is 4.75. The van der Waals surface area contributed by atoms with Crippen molar-refractivity contribution in [2.75, 3.05) is 6.61 Å². The van der Waals surface area contributed by atoms with E-state index in [0.717, 1.165) is 0 Å². The van der Waals surface area contributed by atoms with Crippen LogP contribution in [0.3, 0.4) is 0 Å². The van der Waals surface area contributed by atoms with Crippen LogP contribution in [-0.2, 0) is 14.3 Å².